The van der Waals surface area contributed by atoms with Gasteiger partial charge in [-0.15, -0.1) is 0 Å². The van der Waals surface area contributed by atoms with Crippen LogP contribution in [-0.2, 0) is 0 Å². The van der Waals surface area contributed by atoms with E-state index >= 15 is 0 Å². The summed E-state index contributed by atoms with van der Waals surface area (Å²) in [6.07, 6.45) is 1.41. The lowest BCUT2D eigenvalue weighted by Gasteiger charge is -2.09. The largest absolute Gasteiger partial charge is 0.322 e. The summed E-state index contributed by atoms with van der Waals surface area (Å²) >= 11 is 0. The van der Waals surface area contributed by atoms with Gasteiger partial charge in [-0.2, -0.15) is 0 Å². The average molecular weight is 373 g/mol. The molecular formula is C22H19N3O3. The molecule has 0 aliphatic heterocycles. The lowest BCUT2D eigenvalue weighted by atomic mass is 10.1. The summed E-state index contributed by atoms with van der Waals surface area (Å²) in [5, 5.41) is 5.52. The van der Waals surface area contributed by atoms with Crippen molar-refractivity contribution in [3.63, 3.8) is 0 Å². The zero-order valence-corrected chi connectivity index (χ0v) is 15.5. The molecule has 6 heteroatoms. The van der Waals surface area contributed by atoms with Crippen LogP contribution in [-0.4, -0.2) is 22.6 Å². The predicted molar refractivity (Wildman–Crippen MR) is 108 cm³/mol. The van der Waals surface area contributed by atoms with Gasteiger partial charge in [-0.3, -0.25) is 19.4 Å². The van der Waals surface area contributed by atoms with E-state index in [2.05, 4.69) is 15.6 Å². The van der Waals surface area contributed by atoms with Crippen molar-refractivity contribution in [3.8, 4) is 0 Å². The first-order chi connectivity index (χ1) is 13.4. The highest BCUT2D eigenvalue weighted by molar-refractivity contribution is 6.08. The van der Waals surface area contributed by atoms with Gasteiger partial charge in [0.05, 0.1) is 0 Å². The van der Waals surface area contributed by atoms with Crippen LogP contribution in [0.2, 0.25) is 0 Å². The van der Waals surface area contributed by atoms with Gasteiger partial charge in [-0.1, -0.05) is 30.3 Å². The molecule has 3 rings (SSSR count). The van der Waals surface area contributed by atoms with Crippen LogP contribution in [0, 0.1) is 6.92 Å². The number of aryl methyl sites for hydroxylation is 1. The van der Waals surface area contributed by atoms with Gasteiger partial charge in [0, 0.05) is 28.7 Å². The second kappa shape index (κ2) is 8.26. The standard InChI is InChI=1S/C22H19N3O3/c1-14-6-3-4-9-19(14)25-22(28)20-13-17(10-11-23-20)21(27)24-18-8-5-7-16(12-18)15(2)26/h3-13H,1-2H3,(H,24,27)(H,25,28). The maximum atomic E-state index is 12.5. The maximum absolute atomic E-state index is 12.5. The van der Waals surface area contributed by atoms with Crippen molar-refractivity contribution >= 4 is 29.0 Å². The van der Waals surface area contributed by atoms with Gasteiger partial charge in [0.2, 0.25) is 0 Å². The van der Waals surface area contributed by atoms with Gasteiger partial charge >= 0.3 is 0 Å². The number of benzene rings is 2. The Kier molecular flexibility index (Phi) is 5.60. The minimum atomic E-state index is -0.400. The molecule has 2 N–H and O–H groups in total. The van der Waals surface area contributed by atoms with Crippen LogP contribution in [0.15, 0.2) is 66.9 Å². The van der Waals surface area contributed by atoms with Crippen LogP contribution in [0.1, 0.15) is 43.7 Å². The zero-order chi connectivity index (χ0) is 20.1. The number of anilines is 2. The second-order valence-electron chi connectivity index (χ2n) is 6.29. The van der Waals surface area contributed by atoms with Crippen molar-refractivity contribution in [2.45, 2.75) is 13.8 Å². The molecule has 3 aromatic rings. The van der Waals surface area contributed by atoms with Gasteiger partial charge in [-0.05, 0) is 49.7 Å². The minimum Gasteiger partial charge on any atom is -0.322 e. The number of aromatic nitrogens is 1. The molecule has 140 valence electrons. The van der Waals surface area contributed by atoms with E-state index in [1.807, 2.05) is 25.1 Å². The number of ketones is 1. The number of pyridine rings is 1. The minimum absolute atomic E-state index is 0.0878. The van der Waals surface area contributed by atoms with E-state index in [1.54, 1.807) is 30.3 Å². The maximum Gasteiger partial charge on any atom is 0.274 e. The lowest BCUT2D eigenvalue weighted by Crippen LogP contribution is -2.17. The number of nitrogens with one attached hydrogen (secondary N) is 2. The van der Waals surface area contributed by atoms with E-state index in [0.717, 1.165) is 5.56 Å². The summed E-state index contributed by atoms with van der Waals surface area (Å²) in [5.74, 6) is -0.884. The molecule has 0 aliphatic carbocycles. The lowest BCUT2D eigenvalue weighted by molar-refractivity contribution is 0.100. The normalized spacial score (nSPS) is 10.2. The van der Waals surface area contributed by atoms with E-state index in [1.165, 1.54) is 25.3 Å². The fraction of sp³-hybridized carbons (Fsp3) is 0.0909. The van der Waals surface area contributed by atoms with E-state index in [4.69, 9.17) is 0 Å². The number of rotatable bonds is 5. The van der Waals surface area contributed by atoms with Gasteiger partial charge in [-0.25, -0.2) is 0 Å². The van der Waals surface area contributed by atoms with Crippen molar-refractivity contribution in [1.82, 2.24) is 4.98 Å². The third-order valence-corrected chi connectivity index (χ3v) is 4.17. The van der Waals surface area contributed by atoms with Gasteiger partial charge < -0.3 is 10.6 Å². The summed E-state index contributed by atoms with van der Waals surface area (Å²) in [6, 6.07) is 17.0. The first-order valence-electron chi connectivity index (χ1n) is 8.69. The number of carbonyl (C=O) groups excluding carboxylic acids is 3. The van der Waals surface area contributed by atoms with Crippen LogP contribution < -0.4 is 10.6 Å². The molecule has 0 atom stereocenters. The monoisotopic (exact) mass is 373 g/mol. The fourth-order valence-corrected chi connectivity index (χ4v) is 2.61. The molecule has 0 unspecified atom stereocenters. The Hall–Kier alpha value is -3.80. The number of hydrogen-bond donors (Lipinski definition) is 2. The highest BCUT2D eigenvalue weighted by Crippen LogP contribution is 2.16. The van der Waals surface area contributed by atoms with Crippen LogP contribution in [0.4, 0.5) is 11.4 Å². The molecule has 0 spiro atoms. The molecule has 0 radical (unpaired) electrons. The van der Waals surface area contributed by atoms with Crippen molar-refractivity contribution in [1.29, 1.82) is 0 Å². The molecular weight excluding hydrogens is 354 g/mol. The SMILES string of the molecule is CC(=O)c1cccc(NC(=O)c2ccnc(C(=O)Nc3ccccc3C)c2)c1. The molecule has 0 fully saturated rings. The Balaban J connectivity index is 1.76. The zero-order valence-electron chi connectivity index (χ0n) is 15.5. The first kappa shape index (κ1) is 19.0. The number of hydrogen-bond acceptors (Lipinski definition) is 4. The van der Waals surface area contributed by atoms with Crippen LogP contribution >= 0.6 is 0 Å². The highest BCUT2D eigenvalue weighted by Gasteiger charge is 2.13. The van der Waals surface area contributed by atoms with Crippen LogP contribution in [0.5, 0.6) is 0 Å². The Labute approximate surface area is 162 Å². The van der Waals surface area contributed by atoms with Crippen LogP contribution in [0.3, 0.4) is 0 Å². The van der Waals surface area contributed by atoms with E-state index in [-0.39, 0.29) is 17.0 Å². The Morgan fingerprint density at radius 3 is 2.36 bits per heavy atom. The van der Waals surface area contributed by atoms with Crippen LogP contribution in [0.25, 0.3) is 0 Å². The first-order valence-corrected chi connectivity index (χ1v) is 8.69. The smallest absolute Gasteiger partial charge is 0.274 e. The summed E-state index contributed by atoms with van der Waals surface area (Å²) < 4.78 is 0. The van der Waals surface area contributed by atoms with Crippen molar-refractivity contribution in [2.75, 3.05) is 10.6 Å². The van der Waals surface area contributed by atoms with Gasteiger partial charge in [0.1, 0.15) is 5.69 Å². The number of amides is 2. The molecule has 1 aromatic heterocycles. The topological polar surface area (TPSA) is 88.2 Å². The van der Waals surface area contributed by atoms with E-state index < -0.39 is 11.8 Å². The van der Waals surface area contributed by atoms with E-state index in [0.29, 0.717) is 16.9 Å². The number of para-hydroxylation sites is 1. The second-order valence-corrected chi connectivity index (χ2v) is 6.29. The molecule has 0 saturated carbocycles. The summed E-state index contributed by atoms with van der Waals surface area (Å²) in [4.78, 5) is 40.5. The van der Waals surface area contributed by atoms with Crippen molar-refractivity contribution < 1.29 is 14.4 Å². The molecule has 1 heterocycles. The predicted octanol–water partition coefficient (Wildman–Crippen LogP) is 4.10. The van der Waals surface area contributed by atoms with Crippen molar-refractivity contribution in [2.24, 2.45) is 0 Å². The summed E-state index contributed by atoms with van der Waals surface area (Å²) in [5.41, 5.74) is 3.04. The third kappa shape index (κ3) is 4.48. The number of carbonyl (C=O) groups is 3. The molecule has 2 aromatic carbocycles. The Morgan fingerprint density at radius 2 is 1.61 bits per heavy atom. The Bertz CT molecular complexity index is 1060. The molecule has 0 bridgehead atoms. The fourth-order valence-electron chi connectivity index (χ4n) is 2.61. The summed E-state index contributed by atoms with van der Waals surface area (Å²) in [7, 11) is 0. The van der Waals surface area contributed by atoms with Crippen molar-refractivity contribution in [3.05, 3.63) is 89.2 Å². The molecule has 28 heavy (non-hydrogen) atoms. The van der Waals surface area contributed by atoms with E-state index in [9.17, 15) is 14.4 Å². The third-order valence-electron chi connectivity index (χ3n) is 4.17. The highest BCUT2D eigenvalue weighted by atomic mass is 16.2. The number of Topliss-reactive ketones (excluding diaryl/α,β-unsaturated/α-hetero) is 1. The van der Waals surface area contributed by atoms with Gasteiger partial charge in [0.15, 0.2) is 5.78 Å². The Morgan fingerprint density at radius 1 is 0.821 bits per heavy atom. The molecule has 2 amide bonds. The molecule has 0 aliphatic rings. The summed E-state index contributed by atoms with van der Waals surface area (Å²) in [6.45, 7) is 3.35. The average Bonchev–Trinajstić information content (AvgIpc) is 2.70. The molecule has 0 saturated heterocycles. The number of nitrogens with zero attached hydrogens (tertiary/aromatic N) is 1. The quantitative estimate of drug-likeness (QED) is 0.659. The van der Waals surface area contributed by atoms with Gasteiger partial charge in [0.25, 0.3) is 11.8 Å². The molecule has 6 nitrogen and oxygen atoms in total.